The number of nitrogens with zero attached hydrogens (tertiary/aromatic N) is 1. The van der Waals surface area contributed by atoms with Crippen LogP contribution in [-0.4, -0.2) is 39.6 Å². The molecule has 0 atom stereocenters. The normalized spacial score (nSPS) is 25.9. The number of piperidine rings is 1. The van der Waals surface area contributed by atoms with Crippen LogP contribution < -0.4 is 5.73 Å². The first-order valence-corrected chi connectivity index (χ1v) is 7.60. The van der Waals surface area contributed by atoms with Crippen molar-refractivity contribution in [3.8, 4) is 0 Å². The molecule has 0 radical (unpaired) electrons. The van der Waals surface area contributed by atoms with Crippen molar-refractivity contribution in [2.75, 3.05) is 13.1 Å². The molecule has 1 saturated heterocycles. The van der Waals surface area contributed by atoms with Gasteiger partial charge in [-0.05, 0) is 32.6 Å². The molecule has 19 heavy (non-hydrogen) atoms. The van der Waals surface area contributed by atoms with Crippen LogP contribution in [0.5, 0.6) is 0 Å². The Morgan fingerprint density at radius 2 is 1.68 bits per heavy atom. The molecule has 2 aliphatic rings. The number of rotatable bonds is 2. The number of thiocarbonyl (C=S) groups is 1. The number of nitrogens with two attached hydrogens (primary N) is 1. The Bertz CT molecular complexity index is 366. The van der Waals surface area contributed by atoms with E-state index < -0.39 is 11.0 Å². The Balaban J connectivity index is 2.10. The summed E-state index contributed by atoms with van der Waals surface area (Å²) in [5, 5.41) is 9.97. The lowest BCUT2D eigenvalue weighted by molar-refractivity contribution is -0.143. The highest BCUT2D eigenvalue weighted by molar-refractivity contribution is 7.80. The van der Waals surface area contributed by atoms with Crippen molar-refractivity contribution in [3.63, 3.8) is 0 Å². The number of amides is 1. The van der Waals surface area contributed by atoms with E-state index in [0.29, 0.717) is 30.9 Å². The van der Waals surface area contributed by atoms with E-state index in [1.807, 2.05) is 11.8 Å². The zero-order valence-corrected chi connectivity index (χ0v) is 12.5. The molecule has 0 aromatic heterocycles. The molecule has 0 spiro atoms. The average molecular weight is 284 g/mol. The molecular formula is C14H24N2O2S. The van der Waals surface area contributed by atoms with E-state index in [-0.39, 0.29) is 5.91 Å². The first-order chi connectivity index (χ1) is 8.87. The summed E-state index contributed by atoms with van der Waals surface area (Å²) in [7, 11) is 0. The minimum Gasteiger partial charge on any atom is -0.392 e. The third kappa shape index (κ3) is 2.92. The van der Waals surface area contributed by atoms with Crippen molar-refractivity contribution in [3.05, 3.63) is 0 Å². The number of carbonyl (C=O) groups is 1. The highest BCUT2D eigenvalue weighted by Gasteiger charge is 2.45. The van der Waals surface area contributed by atoms with Gasteiger partial charge in [-0.25, -0.2) is 0 Å². The molecule has 1 aliphatic carbocycles. The van der Waals surface area contributed by atoms with Crippen LogP contribution in [0.3, 0.4) is 0 Å². The van der Waals surface area contributed by atoms with Gasteiger partial charge in [-0.3, -0.25) is 4.79 Å². The molecule has 1 amide bonds. The van der Waals surface area contributed by atoms with Crippen LogP contribution in [0.15, 0.2) is 0 Å². The monoisotopic (exact) mass is 284 g/mol. The lowest BCUT2D eigenvalue weighted by Crippen LogP contribution is -2.55. The van der Waals surface area contributed by atoms with Crippen molar-refractivity contribution in [1.82, 2.24) is 4.90 Å². The molecule has 0 aromatic rings. The SMILES string of the molecule is CC1(O)CCN(C(=O)C2(C(N)=S)CCCCC2)CC1. The fourth-order valence-corrected chi connectivity index (χ4v) is 3.51. The van der Waals surface area contributed by atoms with Gasteiger partial charge in [-0.2, -0.15) is 0 Å². The van der Waals surface area contributed by atoms with Gasteiger partial charge < -0.3 is 15.7 Å². The smallest absolute Gasteiger partial charge is 0.235 e. The Labute approximate surface area is 120 Å². The van der Waals surface area contributed by atoms with Crippen LogP contribution >= 0.6 is 12.2 Å². The molecule has 0 bridgehead atoms. The van der Waals surface area contributed by atoms with Crippen molar-refractivity contribution >= 4 is 23.1 Å². The van der Waals surface area contributed by atoms with Gasteiger partial charge in [0.25, 0.3) is 0 Å². The maximum Gasteiger partial charge on any atom is 0.235 e. The molecule has 1 heterocycles. The molecule has 0 aromatic carbocycles. The van der Waals surface area contributed by atoms with E-state index in [0.717, 1.165) is 32.1 Å². The summed E-state index contributed by atoms with van der Waals surface area (Å²) in [6, 6.07) is 0. The summed E-state index contributed by atoms with van der Waals surface area (Å²) in [6.07, 6.45) is 6.04. The fraction of sp³-hybridized carbons (Fsp3) is 0.857. The van der Waals surface area contributed by atoms with E-state index in [4.69, 9.17) is 18.0 Å². The maximum atomic E-state index is 12.8. The third-order valence-corrected chi connectivity index (χ3v) is 5.11. The summed E-state index contributed by atoms with van der Waals surface area (Å²) in [5.41, 5.74) is 4.64. The standard InChI is InChI=1S/C14H24N2O2S/c1-13(18)7-9-16(10-8-13)12(17)14(11(15)19)5-3-2-4-6-14/h18H,2-10H2,1H3,(H2,15,19). The van der Waals surface area contributed by atoms with E-state index in [2.05, 4.69) is 0 Å². The van der Waals surface area contributed by atoms with Crippen molar-refractivity contribution in [1.29, 1.82) is 0 Å². The minimum absolute atomic E-state index is 0.0928. The fourth-order valence-electron chi connectivity index (χ4n) is 3.22. The molecule has 108 valence electrons. The van der Waals surface area contributed by atoms with Gasteiger partial charge in [0, 0.05) is 13.1 Å². The molecule has 4 nitrogen and oxygen atoms in total. The molecule has 1 saturated carbocycles. The van der Waals surface area contributed by atoms with Crippen LogP contribution in [0.1, 0.15) is 51.9 Å². The zero-order chi connectivity index (χ0) is 14.1. The van der Waals surface area contributed by atoms with Gasteiger partial charge >= 0.3 is 0 Å². The first-order valence-electron chi connectivity index (χ1n) is 7.19. The second kappa shape index (κ2) is 5.37. The predicted molar refractivity (Wildman–Crippen MR) is 78.7 cm³/mol. The van der Waals surface area contributed by atoms with Crippen LogP contribution in [0.25, 0.3) is 0 Å². The largest absolute Gasteiger partial charge is 0.392 e. The van der Waals surface area contributed by atoms with Crippen molar-refractivity contribution in [2.45, 2.75) is 57.5 Å². The number of aliphatic hydroxyl groups is 1. The van der Waals surface area contributed by atoms with E-state index in [1.54, 1.807) is 0 Å². The Kier molecular flexibility index (Phi) is 4.16. The highest BCUT2D eigenvalue weighted by Crippen LogP contribution is 2.39. The Hall–Kier alpha value is -0.680. The predicted octanol–water partition coefficient (Wildman–Crippen LogP) is 1.60. The summed E-state index contributed by atoms with van der Waals surface area (Å²) in [6.45, 7) is 3.05. The maximum absolute atomic E-state index is 12.8. The molecule has 0 unspecified atom stereocenters. The van der Waals surface area contributed by atoms with E-state index >= 15 is 0 Å². The first kappa shape index (κ1) is 14.7. The molecule has 1 aliphatic heterocycles. The Morgan fingerprint density at radius 1 is 1.16 bits per heavy atom. The van der Waals surface area contributed by atoms with E-state index in [9.17, 15) is 9.90 Å². The molecular weight excluding hydrogens is 260 g/mol. The van der Waals surface area contributed by atoms with Crippen LogP contribution in [0.2, 0.25) is 0 Å². The molecule has 3 N–H and O–H groups in total. The number of likely N-dealkylation sites (tertiary alicyclic amines) is 1. The van der Waals surface area contributed by atoms with Crippen molar-refractivity contribution < 1.29 is 9.90 Å². The number of hydrogen-bond acceptors (Lipinski definition) is 3. The van der Waals surface area contributed by atoms with Gasteiger partial charge in [-0.15, -0.1) is 0 Å². The van der Waals surface area contributed by atoms with Gasteiger partial charge in [-0.1, -0.05) is 31.5 Å². The number of carbonyl (C=O) groups excluding carboxylic acids is 1. The number of hydrogen-bond donors (Lipinski definition) is 2. The minimum atomic E-state index is -0.639. The van der Waals surface area contributed by atoms with Gasteiger partial charge in [0.05, 0.1) is 16.0 Å². The Morgan fingerprint density at radius 3 is 2.16 bits per heavy atom. The highest BCUT2D eigenvalue weighted by atomic mass is 32.1. The quantitative estimate of drug-likeness (QED) is 0.756. The molecule has 2 rings (SSSR count). The summed E-state index contributed by atoms with van der Waals surface area (Å²) in [4.78, 5) is 15.0. The topological polar surface area (TPSA) is 66.6 Å². The summed E-state index contributed by atoms with van der Waals surface area (Å²) < 4.78 is 0. The van der Waals surface area contributed by atoms with Gasteiger partial charge in [0.2, 0.25) is 5.91 Å². The van der Waals surface area contributed by atoms with Crippen LogP contribution in [0, 0.1) is 5.41 Å². The lowest BCUT2D eigenvalue weighted by Gasteiger charge is -2.42. The second-order valence-corrected chi connectivity index (χ2v) is 6.74. The van der Waals surface area contributed by atoms with Crippen LogP contribution in [0.4, 0.5) is 0 Å². The van der Waals surface area contributed by atoms with Gasteiger partial charge in [0.15, 0.2) is 0 Å². The molecule has 5 heteroatoms. The second-order valence-electron chi connectivity index (χ2n) is 6.30. The van der Waals surface area contributed by atoms with E-state index in [1.165, 1.54) is 0 Å². The zero-order valence-electron chi connectivity index (χ0n) is 11.7. The average Bonchev–Trinajstić information content (AvgIpc) is 2.38. The third-order valence-electron chi connectivity index (χ3n) is 4.72. The van der Waals surface area contributed by atoms with Crippen molar-refractivity contribution in [2.24, 2.45) is 11.1 Å². The van der Waals surface area contributed by atoms with Crippen LogP contribution in [-0.2, 0) is 4.79 Å². The molecule has 2 fully saturated rings. The summed E-state index contributed by atoms with van der Waals surface area (Å²) in [5.74, 6) is 0.0928. The van der Waals surface area contributed by atoms with Gasteiger partial charge in [0.1, 0.15) is 0 Å². The summed E-state index contributed by atoms with van der Waals surface area (Å²) >= 11 is 5.20. The lowest BCUT2D eigenvalue weighted by atomic mass is 9.72.